The van der Waals surface area contributed by atoms with E-state index in [1.165, 1.54) is 6.92 Å². The lowest BCUT2D eigenvalue weighted by molar-refractivity contribution is -0.312. The van der Waals surface area contributed by atoms with Gasteiger partial charge in [-0.05, 0) is 92.7 Å². The molecule has 5 saturated heterocycles. The first kappa shape index (κ1) is 41.2. The number of cyclic esters (lactones) is 1. The van der Waals surface area contributed by atoms with Crippen molar-refractivity contribution in [2.45, 2.75) is 198 Å². The highest BCUT2D eigenvalue weighted by Crippen LogP contribution is 2.48. The van der Waals surface area contributed by atoms with E-state index in [-0.39, 0.29) is 24.2 Å². The zero-order chi connectivity index (χ0) is 37.6. The van der Waals surface area contributed by atoms with Crippen molar-refractivity contribution in [2.24, 2.45) is 23.7 Å². The summed E-state index contributed by atoms with van der Waals surface area (Å²) < 4.78 is 45.7. The fraction of sp³-hybridized carbons (Fsp3) is 0.974. The average molecular weight is 728 g/mol. The van der Waals surface area contributed by atoms with Crippen LogP contribution >= 0.6 is 0 Å². The summed E-state index contributed by atoms with van der Waals surface area (Å²) in [4.78, 5) is 16.5. The smallest absolute Gasteiger partial charge is 0.311 e. The summed E-state index contributed by atoms with van der Waals surface area (Å²) in [5.41, 5.74) is -3.18. The summed E-state index contributed by atoms with van der Waals surface area (Å²) in [7, 11) is 1.69. The topological polar surface area (TPSA) is 146 Å². The van der Waals surface area contributed by atoms with Crippen LogP contribution in [0.5, 0.6) is 0 Å². The van der Waals surface area contributed by atoms with Crippen molar-refractivity contribution in [3.63, 3.8) is 0 Å². The SMILES string of the molecule is CC[C@H]1OC(=O)[C@H](C)[C@@H](O[C@H]2C[C@@](C)(OC)C[C@H](C)O2)[C@H](C)[C@@H](O[C@@H]2O[C@H](C)C[C@H](N3CCCC3)[C@H]2O)[C@@]2(C)C[C@@H](C)[C@@H](O2)[C@H](C)[C@@H](O)[C@]1(C)O. The van der Waals surface area contributed by atoms with E-state index in [0.717, 1.165) is 25.9 Å². The summed E-state index contributed by atoms with van der Waals surface area (Å²) in [5.74, 6) is -2.43. The molecule has 18 atom stereocenters. The standard InChI is InChI=1S/C39H69NO11/c1-12-28-39(10,44)33(42)24(5)31-21(2)18-38(9,51-31)34(50-36-30(41)27(17-22(3)47-36)40-15-13-14-16-40)25(6)32(26(7)35(43)48-28)49-29-20-37(8,45-11)19-23(4)46-29/h21-34,36,41-42,44H,12-20H2,1-11H3/t21-,22-,23+,24+,25+,26-,27+,28-,29+,30-,31-,32+,33-,34-,36+,37+,38-,39-/m1/s1. The normalized spacial score (nSPS) is 52.1. The maximum Gasteiger partial charge on any atom is 0.311 e. The Kier molecular flexibility index (Phi) is 13.0. The Morgan fingerprint density at radius 3 is 2.20 bits per heavy atom. The van der Waals surface area contributed by atoms with Gasteiger partial charge in [0.25, 0.3) is 0 Å². The Hall–Kier alpha value is -0.930. The molecular weight excluding hydrogens is 658 g/mol. The number of nitrogens with zero attached hydrogens (tertiary/aromatic N) is 1. The Morgan fingerprint density at radius 1 is 0.902 bits per heavy atom. The minimum atomic E-state index is -1.75. The number of aliphatic hydroxyl groups is 3. The van der Waals surface area contributed by atoms with E-state index in [1.54, 1.807) is 14.0 Å². The highest BCUT2D eigenvalue weighted by molar-refractivity contribution is 5.73. The quantitative estimate of drug-likeness (QED) is 0.324. The van der Waals surface area contributed by atoms with Crippen molar-refractivity contribution in [1.29, 1.82) is 0 Å². The van der Waals surface area contributed by atoms with Crippen molar-refractivity contribution in [3.05, 3.63) is 0 Å². The molecule has 0 aromatic rings. The lowest BCUT2D eigenvalue weighted by atomic mass is 9.76. The number of methoxy groups -OCH3 is 1. The molecule has 296 valence electrons. The highest BCUT2D eigenvalue weighted by Gasteiger charge is 2.58. The zero-order valence-electron chi connectivity index (χ0n) is 33.1. The second kappa shape index (κ2) is 16.0. The lowest BCUT2D eigenvalue weighted by Crippen LogP contribution is -2.60. The molecule has 5 heterocycles. The first-order valence-electron chi connectivity index (χ1n) is 19.7. The van der Waals surface area contributed by atoms with Gasteiger partial charge in [0, 0.05) is 37.8 Å². The van der Waals surface area contributed by atoms with Crippen molar-refractivity contribution in [2.75, 3.05) is 20.2 Å². The van der Waals surface area contributed by atoms with Crippen LogP contribution in [0.25, 0.3) is 0 Å². The summed E-state index contributed by atoms with van der Waals surface area (Å²) in [6, 6.07) is -0.108. The third kappa shape index (κ3) is 8.50. The molecule has 51 heavy (non-hydrogen) atoms. The fourth-order valence-corrected chi connectivity index (χ4v) is 10.2. The molecule has 0 unspecified atom stereocenters. The molecule has 2 bridgehead atoms. The molecule has 5 rings (SSSR count). The number of carbonyl (C=O) groups excluding carboxylic acids is 1. The minimum absolute atomic E-state index is 0.0190. The van der Waals surface area contributed by atoms with E-state index < -0.39 is 89.7 Å². The predicted molar refractivity (Wildman–Crippen MR) is 190 cm³/mol. The summed E-state index contributed by atoms with van der Waals surface area (Å²) in [6.07, 6.45) is -2.13. The van der Waals surface area contributed by atoms with Crippen molar-refractivity contribution < 1.29 is 53.3 Å². The van der Waals surface area contributed by atoms with E-state index in [4.69, 9.17) is 33.2 Å². The van der Waals surface area contributed by atoms with Gasteiger partial charge < -0.3 is 48.5 Å². The third-order valence-corrected chi connectivity index (χ3v) is 13.1. The molecule has 12 nitrogen and oxygen atoms in total. The lowest BCUT2D eigenvalue weighted by Gasteiger charge is -2.48. The molecule has 5 aliphatic heterocycles. The number of hydrogen-bond donors (Lipinski definition) is 3. The average Bonchev–Trinajstić information content (AvgIpc) is 3.72. The van der Waals surface area contributed by atoms with Crippen LogP contribution in [0, 0.1) is 23.7 Å². The molecule has 0 aromatic carbocycles. The first-order valence-corrected chi connectivity index (χ1v) is 19.7. The molecule has 0 aliphatic carbocycles. The minimum Gasteiger partial charge on any atom is -0.459 e. The highest BCUT2D eigenvalue weighted by atomic mass is 16.7. The second-order valence-corrected chi connectivity index (χ2v) is 17.5. The van der Waals surface area contributed by atoms with Crippen LogP contribution < -0.4 is 0 Å². The molecule has 5 aliphatic rings. The number of esters is 1. The van der Waals surface area contributed by atoms with E-state index in [9.17, 15) is 20.1 Å². The molecule has 0 saturated carbocycles. The van der Waals surface area contributed by atoms with E-state index in [0.29, 0.717) is 32.1 Å². The van der Waals surface area contributed by atoms with Gasteiger partial charge in [-0.2, -0.15) is 0 Å². The summed E-state index contributed by atoms with van der Waals surface area (Å²) >= 11 is 0. The third-order valence-electron chi connectivity index (χ3n) is 13.1. The van der Waals surface area contributed by atoms with Gasteiger partial charge >= 0.3 is 5.97 Å². The van der Waals surface area contributed by atoms with Crippen molar-refractivity contribution >= 4 is 5.97 Å². The van der Waals surface area contributed by atoms with Crippen LogP contribution in [0.4, 0.5) is 0 Å². The second-order valence-electron chi connectivity index (χ2n) is 17.5. The Balaban J connectivity index is 1.57. The largest absolute Gasteiger partial charge is 0.459 e. The van der Waals surface area contributed by atoms with E-state index in [1.807, 2.05) is 48.5 Å². The van der Waals surface area contributed by atoms with Gasteiger partial charge in [0.1, 0.15) is 17.8 Å². The number of ether oxygens (including phenoxy) is 7. The predicted octanol–water partition coefficient (Wildman–Crippen LogP) is 4.19. The number of carbonyl (C=O) groups is 1. The molecule has 0 aromatic heterocycles. The van der Waals surface area contributed by atoms with Crippen molar-refractivity contribution in [3.8, 4) is 0 Å². The van der Waals surface area contributed by atoms with Crippen LogP contribution in [0.2, 0.25) is 0 Å². The summed E-state index contributed by atoms with van der Waals surface area (Å²) in [5, 5.41) is 35.4. The number of rotatable bonds is 7. The monoisotopic (exact) mass is 727 g/mol. The Morgan fingerprint density at radius 2 is 1.57 bits per heavy atom. The molecule has 0 spiro atoms. The molecule has 3 N–H and O–H groups in total. The van der Waals surface area contributed by atoms with Gasteiger partial charge in [-0.3, -0.25) is 9.69 Å². The Labute approximate surface area is 306 Å². The molecule has 12 heteroatoms. The van der Waals surface area contributed by atoms with Crippen LogP contribution in [0.1, 0.15) is 114 Å². The van der Waals surface area contributed by atoms with Gasteiger partial charge in [-0.25, -0.2) is 0 Å². The van der Waals surface area contributed by atoms with Crippen LogP contribution in [0.3, 0.4) is 0 Å². The van der Waals surface area contributed by atoms with Gasteiger partial charge in [0.2, 0.25) is 0 Å². The van der Waals surface area contributed by atoms with Crippen molar-refractivity contribution in [1.82, 2.24) is 4.90 Å². The summed E-state index contributed by atoms with van der Waals surface area (Å²) in [6.45, 7) is 21.0. The van der Waals surface area contributed by atoms with Gasteiger partial charge in [-0.15, -0.1) is 0 Å². The molecule has 5 fully saturated rings. The zero-order valence-corrected chi connectivity index (χ0v) is 33.1. The maximum absolute atomic E-state index is 14.2. The fourth-order valence-electron chi connectivity index (χ4n) is 10.2. The molecular formula is C39H69NO11. The Bertz CT molecular complexity index is 1170. The van der Waals surface area contributed by atoms with Crippen LogP contribution in [-0.2, 0) is 38.0 Å². The van der Waals surface area contributed by atoms with Gasteiger partial charge in [0.15, 0.2) is 12.6 Å². The van der Waals surface area contributed by atoms with Gasteiger partial charge in [0.05, 0.1) is 53.7 Å². The number of hydrogen-bond acceptors (Lipinski definition) is 12. The number of fused-ring (bicyclic) bond motifs is 2. The van der Waals surface area contributed by atoms with Gasteiger partial charge in [-0.1, -0.05) is 27.7 Å². The van der Waals surface area contributed by atoms with E-state index in [2.05, 4.69) is 11.8 Å². The molecule has 0 amide bonds. The maximum atomic E-state index is 14.2. The first-order chi connectivity index (χ1) is 23.8. The number of aliphatic hydroxyl groups excluding tert-OH is 2. The van der Waals surface area contributed by atoms with Crippen LogP contribution in [0.15, 0.2) is 0 Å². The van der Waals surface area contributed by atoms with Crippen LogP contribution in [-0.4, -0.2) is 131 Å². The van der Waals surface area contributed by atoms with E-state index >= 15 is 0 Å². The molecule has 0 radical (unpaired) electrons. The number of likely N-dealkylation sites (tertiary alicyclic amines) is 1.